The molecule has 8 nitrogen and oxygen atoms in total. The van der Waals surface area contributed by atoms with Crippen LogP contribution in [-0.2, 0) is 20.7 Å². The molecule has 9 heteroatoms. The second kappa shape index (κ2) is 9.36. The Hall–Kier alpha value is -4.50. The van der Waals surface area contributed by atoms with Crippen LogP contribution in [-0.4, -0.2) is 41.0 Å². The number of nitrogens with zero attached hydrogens (tertiary/aromatic N) is 2. The number of Topliss-reactive ketones (excluding diaryl/α,β-unsaturated/α-hetero) is 1. The van der Waals surface area contributed by atoms with Crippen LogP contribution in [0.4, 0.5) is 5.13 Å². The molecule has 1 fully saturated rings. The second-order valence-corrected chi connectivity index (χ2v) is 10.6. The van der Waals surface area contributed by atoms with E-state index in [9.17, 15) is 19.5 Å². The Morgan fingerprint density at radius 2 is 1.90 bits per heavy atom. The van der Waals surface area contributed by atoms with E-state index in [1.807, 2.05) is 49.4 Å². The van der Waals surface area contributed by atoms with Crippen LogP contribution in [0, 0.1) is 6.92 Å². The van der Waals surface area contributed by atoms with Crippen molar-refractivity contribution in [1.82, 2.24) is 4.98 Å². The normalized spacial score (nSPS) is 19.8. The average molecular weight is 541 g/mol. The molecule has 39 heavy (non-hydrogen) atoms. The van der Waals surface area contributed by atoms with Crippen molar-refractivity contribution in [3.05, 3.63) is 93.5 Å². The van der Waals surface area contributed by atoms with E-state index in [0.717, 1.165) is 33.4 Å². The molecule has 1 saturated heterocycles. The molecular formula is C30H24N2O6S. The molecule has 2 aliphatic heterocycles. The number of hydrogen-bond donors (Lipinski definition) is 1. The molecule has 0 saturated carbocycles. The first-order chi connectivity index (χ1) is 18.8. The maximum Gasteiger partial charge on any atom is 0.350 e. The number of ketones is 1. The number of aliphatic hydroxyl groups is 1. The van der Waals surface area contributed by atoms with Crippen molar-refractivity contribution in [2.45, 2.75) is 32.4 Å². The van der Waals surface area contributed by atoms with Gasteiger partial charge in [0.2, 0.25) is 0 Å². The minimum Gasteiger partial charge on any atom is -0.507 e. The summed E-state index contributed by atoms with van der Waals surface area (Å²) < 4.78 is 10.7. The zero-order chi connectivity index (χ0) is 27.4. The summed E-state index contributed by atoms with van der Waals surface area (Å²) in [5.41, 5.74) is 2.32. The molecule has 3 aromatic carbocycles. The number of thiazole rings is 1. The molecular weight excluding hydrogens is 516 g/mol. The van der Waals surface area contributed by atoms with Crippen LogP contribution in [0.5, 0.6) is 5.75 Å². The van der Waals surface area contributed by atoms with Crippen molar-refractivity contribution in [1.29, 1.82) is 0 Å². The third-order valence-corrected chi connectivity index (χ3v) is 8.23. The van der Waals surface area contributed by atoms with Crippen LogP contribution in [0.25, 0.3) is 16.5 Å². The smallest absolute Gasteiger partial charge is 0.350 e. The van der Waals surface area contributed by atoms with Gasteiger partial charge in [-0.15, -0.1) is 0 Å². The maximum atomic E-state index is 13.6. The summed E-state index contributed by atoms with van der Waals surface area (Å²) in [5, 5.41) is 13.5. The molecule has 2 unspecified atom stereocenters. The first-order valence-electron chi connectivity index (χ1n) is 12.4. The van der Waals surface area contributed by atoms with E-state index in [-0.39, 0.29) is 27.4 Å². The minimum atomic E-state index is -0.976. The topological polar surface area (TPSA) is 106 Å². The van der Waals surface area contributed by atoms with E-state index in [0.29, 0.717) is 23.2 Å². The Balaban J connectivity index is 1.59. The molecule has 0 aliphatic carbocycles. The number of amides is 1. The Bertz CT molecular complexity index is 1720. The lowest BCUT2D eigenvalue weighted by atomic mass is 9.91. The highest BCUT2D eigenvalue weighted by Gasteiger charge is 2.49. The maximum absolute atomic E-state index is 13.6. The number of ether oxygens (including phenoxy) is 2. The number of anilines is 1. The van der Waals surface area contributed by atoms with Crippen LogP contribution in [0.3, 0.4) is 0 Å². The van der Waals surface area contributed by atoms with E-state index in [1.165, 1.54) is 12.0 Å². The molecule has 3 heterocycles. The van der Waals surface area contributed by atoms with Gasteiger partial charge < -0.3 is 14.6 Å². The average Bonchev–Trinajstić information content (AvgIpc) is 3.59. The number of rotatable bonds is 4. The van der Waals surface area contributed by atoms with Crippen LogP contribution >= 0.6 is 11.3 Å². The predicted octanol–water partition coefficient (Wildman–Crippen LogP) is 5.34. The van der Waals surface area contributed by atoms with Crippen LogP contribution < -0.4 is 9.64 Å². The van der Waals surface area contributed by atoms with Gasteiger partial charge in [-0.2, -0.15) is 0 Å². The molecule has 1 aromatic heterocycles. The van der Waals surface area contributed by atoms with Crippen molar-refractivity contribution >= 4 is 50.7 Å². The number of carbonyl (C=O) groups excluding carboxylic acids is 3. The number of esters is 1. The molecule has 1 N–H and O–H groups in total. The summed E-state index contributed by atoms with van der Waals surface area (Å²) in [6, 6.07) is 17.5. The van der Waals surface area contributed by atoms with Gasteiger partial charge in [-0.05, 0) is 53.9 Å². The fourth-order valence-electron chi connectivity index (χ4n) is 5.31. The van der Waals surface area contributed by atoms with Gasteiger partial charge in [0.1, 0.15) is 22.5 Å². The highest BCUT2D eigenvalue weighted by molar-refractivity contribution is 7.17. The monoisotopic (exact) mass is 540 g/mol. The van der Waals surface area contributed by atoms with E-state index in [1.54, 1.807) is 25.1 Å². The van der Waals surface area contributed by atoms with Gasteiger partial charge in [0.15, 0.2) is 5.13 Å². The van der Waals surface area contributed by atoms with Crippen molar-refractivity contribution < 1.29 is 29.0 Å². The van der Waals surface area contributed by atoms with Gasteiger partial charge in [0.25, 0.3) is 5.78 Å². The zero-order valence-corrected chi connectivity index (χ0v) is 22.2. The molecule has 2 aliphatic rings. The highest BCUT2D eigenvalue weighted by atomic mass is 32.1. The Kier molecular flexibility index (Phi) is 5.95. The third-order valence-electron chi connectivity index (χ3n) is 7.09. The number of fused-ring (bicyclic) bond motifs is 2. The summed E-state index contributed by atoms with van der Waals surface area (Å²) in [4.78, 5) is 45.6. The molecule has 1 amide bonds. The minimum absolute atomic E-state index is 0.0100. The number of benzene rings is 3. The zero-order valence-electron chi connectivity index (χ0n) is 21.4. The van der Waals surface area contributed by atoms with E-state index < -0.39 is 23.7 Å². The molecule has 2 atom stereocenters. The molecule has 6 rings (SSSR count). The van der Waals surface area contributed by atoms with Gasteiger partial charge in [-0.25, -0.2) is 9.78 Å². The van der Waals surface area contributed by atoms with Crippen molar-refractivity contribution in [3.8, 4) is 5.75 Å². The fraction of sp³-hybridized carbons (Fsp3) is 0.200. The summed E-state index contributed by atoms with van der Waals surface area (Å²) in [5.74, 6) is -1.79. The van der Waals surface area contributed by atoms with E-state index in [4.69, 9.17) is 9.47 Å². The molecule has 0 radical (unpaired) electrons. The largest absolute Gasteiger partial charge is 0.507 e. The van der Waals surface area contributed by atoms with Gasteiger partial charge in [-0.1, -0.05) is 53.8 Å². The van der Waals surface area contributed by atoms with Crippen molar-refractivity contribution in [3.63, 3.8) is 0 Å². The predicted molar refractivity (Wildman–Crippen MR) is 147 cm³/mol. The second-order valence-electron chi connectivity index (χ2n) is 9.60. The van der Waals surface area contributed by atoms with Crippen LogP contribution in [0.2, 0.25) is 0 Å². The lowest BCUT2D eigenvalue weighted by Gasteiger charge is -2.24. The molecule has 0 bridgehead atoms. The fourth-order valence-corrected chi connectivity index (χ4v) is 6.32. The Morgan fingerprint density at radius 3 is 2.69 bits per heavy atom. The van der Waals surface area contributed by atoms with Crippen LogP contribution in [0.1, 0.15) is 45.0 Å². The standard InChI is InChI=1S/C30H24N2O6S/c1-15-13-19-14-18(11-12-22(19)38-15)25(33)23-24(21-10-6-8-17-7-4-5-9-20(17)21)32(28(35)26(23)34)30-31-16(2)27(39-30)29(36)37-3/h4-12,14-15,24,33H,13H2,1-3H3. The summed E-state index contributed by atoms with van der Waals surface area (Å²) in [7, 11) is 1.27. The van der Waals surface area contributed by atoms with Gasteiger partial charge in [-0.3, -0.25) is 14.5 Å². The highest BCUT2D eigenvalue weighted by Crippen LogP contribution is 2.46. The number of methoxy groups -OCH3 is 1. The number of aryl methyl sites for hydroxylation is 1. The van der Waals surface area contributed by atoms with Gasteiger partial charge in [0.05, 0.1) is 24.4 Å². The molecule has 196 valence electrons. The first kappa shape index (κ1) is 24.8. The summed E-state index contributed by atoms with van der Waals surface area (Å²) in [6.45, 7) is 3.60. The SMILES string of the molecule is COC(=O)c1sc(N2C(=O)C(=O)C(=C(O)c3ccc4c(c3)CC(C)O4)C2c2cccc3ccccc23)nc1C. The summed E-state index contributed by atoms with van der Waals surface area (Å²) >= 11 is 0.972. The molecule has 4 aromatic rings. The van der Waals surface area contributed by atoms with Gasteiger partial charge >= 0.3 is 11.9 Å². The lowest BCUT2D eigenvalue weighted by molar-refractivity contribution is -0.132. The van der Waals surface area contributed by atoms with Crippen molar-refractivity contribution in [2.75, 3.05) is 12.0 Å². The quantitative estimate of drug-likeness (QED) is 0.161. The van der Waals surface area contributed by atoms with E-state index in [2.05, 4.69) is 4.98 Å². The van der Waals surface area contributed by atoms with Crippen molar-refractivity contribution in [2.24, 2.45) is 0 Å². The Labute approximate surface area is 228 Å². The first-order valence-corrected chi connectivity index (χ1v) is 13.2. The molecule has 0 spiro atoms. The number of aromatic nitrogens is 1. The Morgan fingerprint density at radius 1 is 1.13 bits per heavy atom. The number of aliphatic hydroxyl groups excluding tert-OH is 1. The number of hydrogen-bond acceptors (Lipinski definition) is 8. The third kappa shape index (κ3) is 3.97. The van der Waals surface area contributed by atoms with Gasteiger partial charge in [0, 0.05) is 12.0 Å². The number of carbonyl (C=O) groups is 3. The van der Waals surface area contributed by atoms with E-state index >= 15 is 0 Å². The van der Waals surface area contributed by atoms with Crippen LogP contribution in [0.15, 0.2) is 66.2 Å². The summed E-state index contributed by atoms with van der Waals surface area (Å²) in [6.07, 6.45) is 0.683. The lowest BCUT2D eigenvalue weighted by Crippen LogP contribution is -2.29.